The summed E-state index contributed by atoms with van der Waals surface area (Å²) in [5.41, 5.74) is 18.3. The van der Waals surface area contributed by atoms with Crippen molar-refractivity contribution < 1.29 is 35.5 Å². The maximum Gasteiger partial charge on any atom is 0.336 e. The molecule has 0 spiro atoms. The minimum Gasteiger partial charge on any atom is -0.790 e. The molecule has 0 aliphatic rings. The van der Waals surface area contributed by atoms with Gasteiger partial charge < -0.3 is 24.7 Å². The van der Waals surface area contributed by atoms with Crippen LogP contribution in [0, 0.1) is 0 Å². The van der Waals surface area contributed by atoms with Crippen LogP contribution >= 0.6 is 7.82 Å². The average Bonchev–Trinajstić information content (AvgIpc) is 1.50. The number of nitrogens with two attached hydrogens (primary N) is 6. The van der Waals surface area contributed by atoms with Crippen molar-refractivity contribution in [2.45, 2.75) is 0 Å². The lowest BCUT2D eigenvalue weighted by Crippen LogP contribution is -2.51. The number of hydrogen-bond acceptors (Lipinski definition) is 3. The van der Waals surface area contributed by atoms with E-state index in [1.54, 1.807) is 0 Å². The van der Waals surface area contributed by atoms with Crippen molar-refractivity contribution in [2.75, 3.05) is 0 Å². The normalized spacial score (nSPS) is 7.64. The van der Waals surface area contributed by atoms with Crippen molar-refractivity contribution in [1.29, 1.82) is 0 Å². The number of rotatable bonds is 0. The van der Waals surface area contributed by atoms with Gasteiger partial charge >= 0.3 is 11.9 Å². The lowest BCUT2D eigenvalue weighted by molar-refractivity contribution is -0.337. The molecule has 0 aromatic carbocycles. The minimum atomic E-state index is -5.14. The van der Waals surface area contributed by atoms with E-state index >= 15 is 0 Å². The van der Waals surface area contributed by atoms with Crippen molar-refractivity contribution in [3.8, 4) is 0 Å². The van der Waals surface area contributed by atoms with Crippen LogP contribution in [0.3, 0.4) is 0 Å². The number of guanidine groups is 2. The van der Waals surface area contributed by atoms with E-state index in [-0.39, 0.29) is 17.4 Å². The van der Waals surface area contributed by atoms with E-state index in [1.165, 1.54) is 0 Å². The molecule has 0 saturated heterocycles. The SMILES string of the molecule is NC(N)=[NH2+].NC(N)=[NH2+].O.O=P([O-])([O-])O. The van der Waals surface area contributed by atoms with E-state index in [9.17, 15) is 0 Å². The zero-order valence-corrected chi connectivity index (χ0v) is 7.98. The zero-order chi connectivity index (χ0) is 11.7. The van der Waals surface area contributed by atoms with Gasteiger partial charge in [0.2, 0.25) is 0 Å². The van der Waals surface area contributed by atoms with Crippen LogP contribution in [0.4, 0.5) is 0 Å². The van der Waals surface area contributed by atoms with Crippen molar-refractivity contribution >= 4 is 19.7 Å². The van der Waals surface area contributed by atoms with Gasteiger partial charge in [-0.25, -0.2) is 0 Å². The van der Waals surface area contributed by atoms with Crippen LogP contribution in [-0.4, -0.2) is 22.3 Å². The fourth-order valence-corrected chi connectivity index (χ4v) is 0. The smallest absolute Gasteiger partial charge is 0.336 e. The van der Waals surface area contributed by atoms with E-state index in [0.29, 0.717) is 0 Å². The largest absolute Gasteiger partial charge is 0.790 e. The summed E-state index contributed by atoms with van der Waals surface area (Å²) in [5.74, 6) is -0.167. The standard InChI is InChI=1S/2CH5N3.H3O4P.H2O/c2*2-1(3)4;1-5(2,3)4;/h2*(H5,2,3,4);(H3,1,2,3,4);1H2. The van der Waals surface area contributed by atoms with Gasteiger partial charge in [0.1, 0.15) is 0 Å². The Labute approximate surface area is 79.3 Å². The summed E-state index contributed by atoms with van der Waals surface area (Å²) in [5, 5.41) is 9.17. The third-order valence-electron chi connectivity index (χ3n) is 0. The highest BCUT2D eigenvalue weighted by molar-refractivity contribution is 7.42. The summed E-state index contributed by atoms with van der Waals surface area (Å²) < 4.78 is 8.66. The van der Waals surface area contributed by atoms with Crippen LogP contribution in [-0.2, 0) is 4.57 Å². The molecule has 0 saturated carbocycles. The highest BCUT2D eigenvalue weighted by Gasteiger charge is 1.64. The molecule has 0 atom stereocenters. The van der Waals surface area contributed by atoms with Gasteiger partial charge in [0.05, 0.1) is 7.82 Å². The van der Waals surface area contributed by atoms with Gasteiger partial charge in [-0.1, -0.05) is 0 Å². The predicted molar refractivity (Wildman–Crippen MR) is 44.1 cm³/mol. The number of hydrogen-bond donors (Lipinski definition) is 7. The van der Waals surface area contributed by atoms with Gasteiger partial charge in [0.25, 0.3) is 0 Å². The van der Waals surface area contributed by atoms with Gasteiger partial charge in [-0.2, -0.15) is 0 Å². The van der Waals surface area contributed by atoms with Crippen molar-refractivity contribution in [3.63, 3.8) is 0 Å². The van der Waals surface area contributed by atoms with Crippen LogP contribution in [0.15, 0.2) is 0 Å². The third-order valence-corrected chi connectivity index (χ3v) is 0. The Balaban J connectivity index is -0.0000000522. The second kappa shape index (κ2) is 11.6. The molecule has 0 heterocycles. The summed E-state index contributed by atoms with van der Waals surface area (Å²) in [6.45, 7) is 0. The maximum absolute atomic E-state index is 8.66. The van der Waals surface area contributed by atoms with Gasteiger partial charge in [0.15, 0.2) is 0 Å². The topological polar surface area (TPSA) is 270 Å². The van der Waals surface area contributed by atoms with E-state index in [2.05, 4.69) is 33.8 Å². The van der Waals surface area contributed by atoms with E-state index in [4.69, 9.17) is 19.2 Å². The van der Waals surface area contributed by atoms with Crippen LogP contribution in [0.2, 0.25) is 0 Å². The molecule has 0 aromatic heterocycles. The first kappa shape index (κ1) is 22.9. The molecule has 11 nitrogen and oxygen atoms in total. The molecule has 0 rings (SSSR count). The first-order valence-corrected chi connectivity index (χ1v) is 3.98. The first-order valence-electron chi connectivity index (χ1n) is 2.48. The number of phosphoric acid groups is 1. The van der Waals surface area contributed by atoms with E-state index < -0.39 is 7.82 Å². The summed E-state index contributed by atoms with van der Waals surface area (Å²) in [7, 11) is -5.14. The zero-order valence-electron chi connectivity index (χ0n) is 7.08. The van der Waals surface area contributed by atoms with Gasteiger partial charge in [0, 0.05) is 0 Å². The Morgan fingerprint density at radius 1 is 1.07 bits per heavy atom. The monoisotopic (exact) mass is 234 g/mol. The summed E-state index contributed by atoms with van der Waals surface area (Å²) in [6.07, 6.45) is 0. The maximum atomic E-state index is 8.66. The Morgan fingerprint density at radius 2 is 1.07 bits per heavy atom. The molecule has 88 valence electrons. The van der Waals surface area contributed by atoms with Gasteiger partial charge in [-0.3, -0.25) is 33.8 Å². The average molecular weight is 234 g/mol. The Bertz CT molecular complexity index is 172. The van der Waals surface area contributed by atoms with E-state index in [0.717, 1.165) is 0 Å². The van der Waals surface area contributed by atoms with Crippen molar-refractivity contribution in [1.82, 2.24) is 0 Å². The highest BCUT2D eigenvalue weighted by atomic mass is 31.2. The fourth-order valence-electron chi connectivity index (χ4n) is 0. The van der Waals surface area contributed by atoms with Crippen molar-refractivity contribution in [2.24, 2.45) is 22.9 Å². The Hall–Kier alpha value is -1.39. The molecule has 0 aliphatic carbocycles. The van der Waals surface area contributed by atoms with Crippen LogP contribution in [0.5, 0.6) is 0 Å². The Morgan fingerprint density at radius 3 is 1.07 bits per heavy atom. The molecule has 0 fully saturated rings. The molecule has 0 amide bonds. The quantitative estimate of drug-likeness (QED) is 0.120. The molecular formula is C2H15N6O5P. The second-order valence-corrected chi connectivity index (χ2v) is 2.41. The van der Waals surface area contributed by atoms with Crippen LogP contribution in [0.1, 0.15) is 0 Å². The fraction of sp³-hybridized carbons (Fsp3) is 0. The highest BCUT2D eigenvalue weighted by Crippen LogP contribution is 2.11. The molecule has 0 aromatic rings. The summed E-state index contributed by atoms with van der Waals surface area (Å²) in [4.78, 5) is 24.3. The molecular weight excluding hydrogens is 219 g/mol. The predicted octanol–water partition coefficient (Wildman–Crippen LogP) is -8.98. The molecule has 12 heteroatoms. The van der Waals surface area contributed by atoms with Crippen LogP contribution < -0.4 is 43.5 Å². The van der Waals surface area contributed by atoms with Gasteiger partial charge in [-0.05, 0) is 0 Å². The third kappa shape index (κ3) is 507. The molecule has 14 heavy (non-hydrogen) atoms. The first-order chi connectivity index (χ1) is 5.46. The molecule has 0 radical (unpaired) electrons. The van der Waals surface area contributed by atoms with Crippen molar-refractivity contribution in [3.05, 3.63) is 0 Å². The van der Waals surface area contributed by atoms with Gasteiger partial charge in [-0.15, -0.1) is 0 Å². The second-order valence-electron chi connectivity index (χ2n) is 1.47. The summed E-state index contributed by atoms with van der Waals surface area (Å²) >= 11 is 0. The van der Waals surface area contributed by atoms with E-state index in [1.807, 2.05) is 0 Å². The lowest BCUT2D eigenvalue weighted by Gasteiger charge is -2.19. The molecule has 15 N–H and O–H groups in total. The molecule has 0 unspecified atom stereocenters. The Kier molecular flexibility index (Phi) is 19.0. The summed E-state index contributed by atoms with van der Waals surface area (Å²) in [6, 6.07) is 0. The minimum absolute atomic E-state index is 0. The van der Waals surface area contributed by atoms with Crippen LogP contribution in [0.25, 0.3) is 0 Å². The molecule has 0 aliphatic heterocycles. The molecule has 0 bridgehead atoms. The lowest BCUT2D eigenvalue weighted by atomic mass is 11.1.